The Bertz CT molecular complexity index is 1660. The number of hydrogen-bond acceptors (Lipinski definition) is 4. The van der Waals surface area contributed by atoms with E-state index in [1.54, 1.807) is 4.88 Å². The number of thiophene rings is 1. The van der Waals surface area contributed by atoms with Crippen LogP contribution >= 0.6 is 11.3 Å². The van der Waals surface area contributed by atoms with Crippen molar-refractivity contribution in [1.82, 2.24) is 4.98 Å². The molecule has 2 heterocycles. The molecule has 3 fully saturated rings. The Hall–Kier alpha value is -2.33. The van der Waals surface area contributed by atoms with Gasteiger partial charge in [-0.15, -0.1) is 40.5 Å². The van der Waals surface area contributed by atoms with Gasteiger partial charge in [0.15, 0.2) is 5.78 Å². The number of benzene rings is 2. The molecule has 5 heteroatoms. The molecule has 0 unspecified atom stereocenters. The third-order valence-electron chi connectivity index (χ3n) is 10.3. The molecular formula is C40H50IrNO2S-. The first kappa shape index (κ1) is 35.5. The smallest absolute Gasteiger partial charge is 0.162 e. The summed E-state index contributed by atoms with van der Waals surface area (Å²) in [4.78, 5) is 18.2. The van der Waals surface area contributed by atoms with Gasteiger partial charge in [-0.1, -0.05) is 77.6 Å². The fourth-order valence-corrected chi connectivity index (χ4v) is 8.74. The summed E-state index contributed by atoms with van der Waals surface area (Å²) in [7, 11) is 0. The van der Waals surface area contributed by atoms with Crippen LogP contribution in [-0.4, -0.2) is 15.9 Å². The Morgan fingerprint density at radius 3 is 2.18 bits per heavy atom. The number of aromatic nitrogens is 1. The fourth-order valence-electron chi connectivity index (χ4n) is 7.15. The Morgan fingerprint density at radius 2 is 1.62 bits per heavy atom. The molecule has 3 aliphatic rings. The number of aryl methyl sites for hydroxylation is 1. The summed E-state index contributed by atoms with van der Waals surface area (Å²) >= 11 is 2.00. The number of aliphatic hydroxyl groups is 1. The van der Waals surface area contributed by atoms with E-state index in [0.29, 0.717) is 0 Å². The zero-order chi connectivity index (χ0) is 31.8. The SMILES string of the molecule is CCC(CC)C(=O)/C=C(\O)C(CC)CC.Cc1c(C2C3CC2C3)sc2c(-c3[c-]c4ccccc4c(C(C)(C)C)c3)nccc12.[Ir]. The molecule has 3 saturated carbocycles. The molecule has 0 amide bonds. The van der Waals surface area contributed by atoms with Gasteiger partial charge in [0.2, 0.25) is 0 Å². The second-order valence-electron chi connectivity index (χ2n) is 14.0. The van der Waals surface area contributed by atoms with Gasteiger partial charge in [-0.3, -0.25) is 9.78 Å². The molecule has 4 aromatic rings. The number of hydrogen-bond donors (Lipinski definition) is 1. The number of carbonyl (C=O) groups excluding carboxylic acids is 1. The van der Waals surface area contributed by atoms with E-state index in [1.165, 1.54) is 50.9 Å². The molecule has 0 spiro atoms. The second-order valence-corrected chi connectivity index (χ2v) is 15.1. The average molecular weight is 801 g/mol. The number of ketones is 1. The van der Waals surface area contributed by atoms with Gasteiger partial charge >= 0.3 is 0 Å². The molecule has 0 saturated heterocycles. The number of fused-ring (bicyclic) bond motifs is 2. The number of nitrogens with zero attached hydrogens (tertiary/aromatic N) is 1. The van der Waals surface area contributed by atoms with Crippen molar-refractivity contribution < 1.29 is 30.0 Å². The van der Waals surface area contributed by atoms with Gasteiger partial charge in [-0.25, -0.2) is 0 Å². The molecule has 7 rings (SSSR count). The summed E-state index contributed by atoms with van der Waals surface area (Å²) in [6.07, 6.45) is 9.81. The minimum absolute atomic E-state index is 0. The Kier molecular flexibility index (Phi) is 11.5. The molecule has 0 atom stereocenters. The van der Waals surface area contributed by atoms with E-state index in [0.717, 1.165) is 54.7 Å². The van der Waals surface area contributed by atoms with Crippen molar-refractivity contribution in [1.29, 1.82) is 0 Å². The van der Waals surface area contributed by atoms with E-state index in [-0.39, 0.29) is 48.9 Å². The standard InChI is InChI=1S/C27H26NS.C13H24O2.Ir/c1-15-20-9-10-28-24(26(20)29-25(15)23-17-12-18(23)13-17)19-11-16-7-5-6-8-21(16)22(14-19)27(2,3)4;1-5-10(6-2)12(14)9-13(15)11(7-3)8-4;/h5-10,14,17-18,23H,12-13H2,1-4H3;9-11,14H,5-8H2,1-4H3;/q-1;;/b;12-9-;. The zero-order valence-corrected chi connectivity index (χ0v) is 31.5. The number of carbonyl (C=O) groups is 1. The van der Waals surface area contributed by atoms with Crippen LogP contribution in [0.5, 0.6) is 0 Å². The molecule has 0 aliphatic heterocycles. The van der Waals surface area contributed by atoms with Crippen LogP contribution in [0.15, 0.2) is 54.4 Å². The van der Waals surface area contributed by atoms with Crippen molar-refractivity contribution in [2.24, 2.45) is 23.7 Å². The van der Waals surface area contributed by atoms with Gasteiger partial charge in [-0.2, -0.15) is 0 Å². The van der Waals surface area contributed by atoms with Crippen molar-refractivity contribution in [3.05, 3.63) is 76.5 Å². The minimum Gasteiger partial charge on any atom is -0.512 e. The van der Waals surface area contributed by atoms with E-state index >= 15 is 0 Å². The largest absolute Gasteiger partial charge is 0.512 e. The monoisotopic (exact) mass is 801 g/mol. The minimum atomic E-state index is 0. The summed E-state index contributed by atoms with van der Waals surface area (Å²) < 4.78 is 1.35. The van der Waals surface area contributed by atoms with E-state index in [9.17, 15) is 9.90 Å². The topological polar surface area (TPSA) is 50.2 Å². The average Bonchev–Trinajstić information content (AvgIpc) is 3.27. The quantitative estimate of drug-likeness (QED) is 0.104. The zero-order valence-electron chi connectivity index (χ0n) is 28.3. The molecule has 2 bridgehead atoms. The van der Waals surface area contributed by atoms with Crippen molar-refractivity contribution in [2.45, 2.75) is 105 Å². The van der Waals surface area contributed by atoms with Crippen LogP contribution in [-0.2, 0) is 30.3 Å². The van der Waals surface area contributed by atoms with Gasteiger partial charge in [0.25, 0.3) is 0 Å². The molecular weight excluding hydrogens is 751 g/mol. The van der Waals surface area contributed by atoms with Gasteiger partial charge in [0, 0.05) is 59.5 Å². The van der Waals surface area contributed by atoms with E-state index in [4.69, 9.17) is 4.98 Å². The number of rotatable bonds is 9. The summed E-state index contributed by atoms with van der Waals surface area (Å²) in [6, 6.07) is 16.9. The van der Waals surface area contributed by atoms with Crippen molar-refractivity contribution in [3.8, 4) is 11.3 Å². The summed E-state index contributed by atoms with van der Waals surface area (Å²) in [5.41, 5.74) is 5.16. The molecule has 3 aliphatic carbocycles. The first-order chi connectivity index (χ1) is 21.0. The molecule has 45 heavy (non-hydrogen) atoms. The Morgan fingerprint density at radius 1 is 1.00 bits per heavy atom. The van der Waals surface area contributed by atoms with Crippen molar-refractivity contribution in [3.63, 3.8) is 0 Å². The first-order valence-electron chi connectivity index (χ1n) is 16.8. The molecule has 2 aromatic carbocycles. The summed E-state index contributed by atoms with van der Waals surface area (Å²) in [6.45, 7) is 17.3. The van der Waals surface area contributed by atoms with Crippen LogP contribution in [0.25, 0.3) is 32.1 Å². The predicted molar refractivity (Wildman–Crippen MR) is 188 cm³/mol. The second kappa shape index (κ2) is 14.6. The van der Waals surface area contributed by atoms with Crippen molar-refractivity contribution in [2.75, 3.05) is 0 Å². The Balaban J connectivity index is 0.000000249. The van der Waals surface area contributed by atoms with Gasteiger partial charge in [0.1, 0.15) is 0 Å². The maximum Gasteiger partial charge on any atom is 0.162 e. The molecule has 243 valence electrons. The normalized spacial score (nSPS) is 19.2. The van der Waals surface area contributed by atoms with E-state index in [2.05, 4.69) is 70.2 Å². The Labute approximate surface area is 288 Å². The van der Waals surface area contributed by atoms with Gasteiger partial charge in [-0.05, 0) is 85.6 Å². The maximum atomic E-state index is 11.7. The predicted octanol–water partition coefficient (Wildman–Crippen LogP) is 11.5. The molecule has 1 N–H and O–H groups in total. The molecule has 1 radical (unpaired) electrons. The van der Waals surface area contributed by atoms with Crippen LogP contribution in [0, 0.1) is 36.7 Å². The van der Waals surface area contributed by atoms with Crippen LogP contribution in [0.4, 0.5) is 0 Å². The fraction of sp³-hybridized carbons (Fsp3) is 0.500. The van der Waals surface area contributed by atoms with Crippen molar-refractivity contribution >= 4 is 38.0 Å². The maximum absolute atomic E-state index is 11.7. The van der Waals surface area contributed by atoms with Crippen LogP contribution in [0.1, 0.15) is 109 Å². The number of aliphatic hydroxyl groups excluding tert-OH is 1. The molecule has 2 aromatic heterocycles. The van der Waals surface area contributed by atoms with Crippen LogP contribution in [0.2, 0.25) is 0 Å². The molecule has 3 nitrogen and oxygen atoms in total. The van der Waals surface area contributed by atoms with Crippen LogP contribution < -0.4 is 0 Å². The third kappa shape index (κ3) is 7.02. The third-order valence-corrected chi connectivity index (χ3v) is 11.8. The number of pyridine rings is 1. The summed E-state index contributed by atoms with van der Waals surface area (Å²) in [5, 5.41) is 13.6. The number of allylic oxidation sites excluding steroid dienone is 2. The van der Waals surface area contributed by atoms with E-state index in [1.807, 2.05) is 45.2 Å². The van der Waals surface area contributed by atoms with E-state index < -0.39 is 0 Å². The van der Waals surface area contributed by atoms with Gasteiger partial charge in [0.05, 0.1) is 5.76 Å². The van der Waals surface area contributed by atoms with Gasteiger partial charge < -0.3 is 5.11 Å². The summed E-state index contributed by atoms with van der Waals surface area (Å²) in [5.74, 6) is 3.27. The first-order valence-corrected chi connectivity index (χ1v) is 17.6. The van der Waals surface area contributed by atoms with Crippen LogP contribution in [0.3, 0.4) is 0 Å².